The molecule has 5 aromatic rings. The number of hydrogen-bond acceptors (Lipinski definition) is 10. The highest BCUT2D eigenvalue weighted by atomic mass is 35.5. The third-order valence-corrected chi connectivity index (χ3v) is 9.52. The zero-order valence-electron chi connectivity index (χ0n) is 28.2. The molecule has 260 valence electrons. The van der Waals surface area contributed by atoms with Crippen molar-refractivity contribution < 1.29 is 14.3 Å². The maximum absolute atomic E-state index is 11.5. The number of halogens is 2. The van der Waals surface area contributed by atoms with Crippen LogP contribution in [0.1, 0.15) is 36.7 Å². The summed E-state index contributed by atoms with van der Waals surface area (Å²) in [5.41, 5.74) is 6.54. The van der Waals surface area contributed by atoms with Crippen LogP contribution in [0.4, 0.5) is 0 Å². The number of aromatic amines is 1. The largest absolute Gasteiger partial charge is 0.480 e. The number of nitrogens with one attached hydrogen (secondary N) is 3. The third kappa shape index (κ3) is 8.05. The van der Waals surface area contributed by atoms with Crippen molar-refractivity contribution in [1.29, 1.82) is 0 Å². The van der Waals surface area contributed by atoms with Crippen LogP contribution < -0.4 is 20.1 Å². The summed E-state index contributed by atoms with van der Waals surface area (Å²) >= 11 is 14.2. The number of benzene rings is 2. The quantitative estimate of drug-likeness (QED) is 0.123. The molecule has 12 nitrogen and oxygen atoms in total. The van der Waals surface area contributed by atoms with Crippen LogP contribution in [-0.2, 0) is 24.3 Å². The first-order valence-corrected chi connectivity index (χ1v) is 17.2. The fraction of sp³-hybridized carbons (Fsp3) is 0.333. The first-order chi connectivity index (χ1) is 24.4. The molecule has 1 aliphatic rings. The summed E-state index contributed by atoms with van der Waals surface area (Å²) in [6, 6.07) is 11.6. The molecule has 50 heavy (non-hydrogen) atoms. The Labute approximate surface area is 301 Å². The molecule has 14 heteroatoms. The Hall–Kier alpha value is -4.62. The summed E-state index contributed by atoms with van der Waals surface area (Å²) < 4.78 is 11.3. The number of hydrogen-bond donors (Lipinski definition) is 3. The minimum absolute atomic E-state index is 0.0845. The molecule has 0 bridgehead atoms. The lowest BCUT2D eigenvalue weighted by Gasteiger charge is -2.20. The van der Waals surface area contributed by atoms with Gasteiger partial charge in [-0.3, -0.25) is 24.8 Å². The molecule has 3 aromatic heterocycles. The summed E-state index contributed by atoms with van der Waals surface area (Å²) in [6.07, 6.45) is 9.41. The summed E-state index contributed by atoms with van der Waals surface area (Å²) in [5, 5.41) is 14.1. The fourth-order valence-corrected chi connectivity index (χ4v) is 6.59. The number of carbonyl (C=O) groups excluding carboxylic acids is 1. The molecule has 3 N–H and O–H groups in total. The van der Waals surface area contributed by atoms with Gasteiger partial charge in [-0.15, -0.1) is 0 Å². The van der Waals surface area contributed by atoms with E-state index in [1.165, 1.54) is 0 Å². The number of amides is 1. The molecule has 1 fully saturated rings. The predicted molar refractivity (Wildman–Crippen MR) is 193 cm³/mol. The van der Waals surface area contributed by atoms with E-state index in [1.54, 1.807) is 26.6 Å². The number of H-pyrrole nitrogens is 1. The van der Waals surface area contributed by atoms with Crippen LogP contribution in [0.2, 0.25) is 10.0 Å². The molecule has 0 saturated carbocycles. The highest BCUT2D eigenvalue weighted by Crippen LogP contribution is 2.42. The van der Waals surface area contributed by atoms with Crippen LogP contribution in [-0.4, -0.2) is 80.8 Å². The maximum atomic E-state index is 11.5. The zero-order chi connectivity index (χ0) is 35.0. The van der Waals surface area contributed by atoms with Gasteiger partial charge in [0.15, 0.2) is 0 Å². The summed E-state index contributed by atoms with van der Waals surface area (Å²) in [4.78, 5) is 32.7. The second kappa shape index (κ2) is 16.4. The lowest BCUT2D eigenvalue weighted by atomic mass is 9.98. The molecule has 0 radical (unpaired) electrons. The second-order valence-electron chi connectivity index (χ2n) is 11.9. The average Bonchev–Trinajstić information content (AvgIpc) is 3.82. The highest BCUT2D eigenvalue weighted by molar-refractivity contribution is 6.39. The van der Waals surface area contributed by atoms with E-state index in [1.807, 2.05) is 48.8 Å². The molecule has 2 aromatic carbocycles. The van der Waals surface area contributed by atoms with E-state index in [0.717, 1.165) is 48.3 Å². The van der Waals surface area contributed by atoms with Crippen LogP contribution in [0.15, 0.2) is 61.2 Å². The number of likely N-dealkylation sites (N-methyl/N-ethyl adjacent to an activating group) is 1. The molecular formula is C36H39Cl2N9O3. The van der Waals surface area contributed by atoms with Crippen LogP contribution in [0.5, 0.6) is 11.8 Å². The molecule has 1 aliphatic heterocycles. The van der Waals surface area contributed by atoms with Crippen molar-refractivity contribution in [3.8, 4) is 45.4 Å². The Bertz CT molecular complexity index is 1940. The zero-order valence-corrected chi connectivity index (χ0v) is 29.7. The van der Waals surface area contributed by atoms with Crippen LogP contribution in [0, 0.1) is 0 Å². The number of methoxy groups -OCH3 is 2. The van der Waals surface area contributed by atoms with Gasteiger partial charge in [0.25, 0.3) is 0 Å². The van der Waals surface area contributed by atoms with Gasteiger partial charge in [-0.1, -0.05) is 66.5 Å². The first-order valence-electron chi connectivity index (χ1n) is 16.5. The number of carbonyl (C=O) groups is 1. The Balaban J connectivity index is 1.21. The van der Waals surface area contributed by atoms with Gasteiger partial charge in [0.05, 0.1) is 54.2 Å². The van der Waals surface area contributed by atoms with Crippen molar-refractivity contribution in [2.24, 2.45) is 0 Å². The van der Waals surface area contributed by atoms with Crippen molar-refractivity contribution in [3.63, 3.8) is 0 Å². The normalized spacial score (nSPS) is 14.3. The summed E-state index contributed by atoms with van der Waals surface area (Å²) in [6.45, 7) is 5.48. The Morgan fingerprint density at radius 3 is 2.08 bits per heavy atom. The molecule has 4 heterocycles. The standard InChI is InChI=1S/C36H39Cl2N9O3/c1-4-47(14-13-22-15-42-43-16-22)21-31-36(50-3)46-29(20-41-31)27-10-6-8-25(34(27)38)24-7-5-9-26(33(24)37)28-19-40-30(35(45-28)49-2)18-39-17-23-11-12-32(48)44-23/h5-10,15-16,19-20,23,39H,4,11-14,17-18,21H2,1-3H3,(H,42,43)(H,44,48)/t23-/m0/s1. The Morgan fingerprint density at radius 1 is 0.900 bits per heavy atom. The number of rotatable bonds is 15. The van der Waals surface area contributed by atoms with Gasteiger partial charge < -0.3 is 20.1 Å². The SMILES string of the molecule is CCN(CCc1cn[nH]c1)Cc1ncc(-c2cccc(-c3cccc(-c4cnc(CNC[C@@H]5CCC(=O)N5)c(OC)n4)c3Cl)c2Cl)nc1OC. The van der Waals surface area contributed by atoms with E-state index in [0.29, 0.717) is 76.1 Å². The topological polar surface area (TPSA) is 143 Å². The summed E-state index contributed by atoms with van der Waals surface area (Å²) in [5.74, 6) is 0.923. The molecule has 1 atom stereocenters. The molecule has 1 amide bonds. The molecule has 0 unspecified atom stereocenters. The smallest absolute Gasteiger partial charge is 0.237 e. The number of nitrogens with zero attached hydrogens (tertiary/aromatic N) is 6. The minimum Gasteiger partial charge on any atom is -0.480 e. The van der Waals surface area contributed by atoms with E-state index >= 15 is 0 Å². The average molecular weight is 717 g/mol. The highest BCUT2D eigenvalue weighted by Gasteiger charge is 2.22. The summed E-state index contributed by atoms with van der Waals surface area (Å²) in [7, 11) is 3.16. The van der Waals surface area contributed by atoms with Crippen LogP contribution >= 0.6 is 23.2 Å². The van der Waals surface area contributed by atoms with E-state index in [4.69, 9.17) is 47.6 Å². The monoisotopic (exact) mass is 715 g/mol. The predicted octanol–water partition coefficient (Wildman–Crippen LogP) is 5.75. The van der Waals surface area contributed by atoms with Crippen LogP contribution in [0.3, 0.4) is 0 Å². The van der Waals surface area contributed by atoms with E-state index in [9.17, 15) is 4.79 Å². The maximum Gasteiger partial charge on any atom is 0.237 e. The van der Waals surface area contributed by atoms with Gasteiger partial charge in [0.1, 0.15) is 11.4 Å². The van der Waals surface area contributed by atoms with Crippen molar-refractivity contribution in [2.45, 2.75) is 45.3 Å². The lowest BCUT2D eigenvalue weighted by Crippen LogP contribution is -2.35. The minimum atomic E-state index is 0.0845. The van der Waals surface area contributed by atoms with Crippen molar-refractivity contribution in [1.82, 2.24) is 45.7 Å². The van der Waals surface area contributed by atoms with Gasteiger partial charge in [-0.2, -0.15) is 5.10 Å². The first kappa shape index (κ1) is 35.2. The van der Waals surface area contributed by atoms with Crippen LogP contribution in [0.25, 0.3) is 33.6 Å². The van der Waals surface area contributed by atoms with E-state index in [2.05, 4.69) is 37.6 Å². The number of ether oxygens (including phenoxy) is 2. The van der Waals surface area contributed by atoms with Gasteiger partial charge in [0.2, 0.25) is 17.7 Å². The van der Waals surface area contributed by atoms with Gasteiger partial charge in [-0.25, -0.2) is 9.97 Å². The van der Waals surface area contributed by atoms with Crippen molar-refractivity contribution >= 4 is 29.1 Å². The van der Waals surface area contributed by atoms with Crippen molar-refractivity contribution in [2.75, 3.05) is 33.9 Å². The molecule has 6 rings (SSSR count). The van der Waals surface area contributed by atoms with Gasteiger partial charge >= 0.3 is 0 Å². The molecule has 1 saturated heterocycles. The molecule has 0 spiro atoms. The Morgan fingerprint density at radius 2 is 1.52 bits per heavy atom. The Kier molecular flexibility index (Phi) is 11.5. The molecule has 0 aliphatic carbocycles. The van der Waals surface area contributed by atoms with E-state index in [-0.39, 0.29) is 11.9 Å². The van der Waals surface area contributed by atoms with Gasteiger partial charge in [-0.05, 0) is 24.9 Å². The van der Waals surface area contributed by atoms with E-state index < -0.39 is 0 Å². The number of aromatic nitrogens is 6. The van der Waals surface area contributed by atoms with Crippen molar-refractivity contribution in [3.05, 3.63) is 88.2 Å². The fourth-order valence-electron chi connectivity index (χ4n) is 5.94. The van der Waals surface area contributed by atoms with Gasteiger partial charge in [0, 0.05) is 67.1 Å². The lowest BCUT2D eigenvalue weighted by molar-refractivity contribution is -0.119. The molecular weight excluding hydrogens is 677 g/mol. The second-order valence-corrected chi connectivity index (χ2v) is 12.7. The third-order valence-electron chi connectivity index (χ3n) is 8.71.